The summed E-state index contributed by atoms with van der Waals surface area (Å²) in [6, 6.07) is 20.9. The Hall–Kier alpha value is -4.68. The first-order valence-electron chi connectivity index (χ1n) is 14.1. The largest absolute Gasteiger partial charge is 0.490 e. The number of nitrogens with zero attached hydrogens (tertiary/aromatic N) is 2. The molecule has 9 heteroatoms. The van der Waals surface area contributed by atoms with Crippen LogP contribution < -0.4 is 15.4 Å². The Bertz CT molecular complexity index is 1530. The van der Waals surface area contributed by atoms with Gasteiger partial charge in [-0.2, -0.15) is 5.26 Å². The molecule has 2 heterocycles. The maximum Gasteiger partial charge on any atom is 0.257 e. The van der Waals surface area contributed by atoms with E-state index in [4.69, 9.17) is 14.7 Å². The van der Waals surface area contributed by atoms with Crippen molar-refractivity contribution in [1.29, 1.82) is 5.26 Å². The highest BCUT2D eigenvalue weighted by Gasteiger charge is 2.39. The Balaban J connectivity index is 1.23. The van der Waals surface area contributed by atoms with Crippen molar-refractivity contribution in [1.82, 2.24) is 4.90 Å². The molecular weight excluding hydrogens is 532 g/mol. The van der Waals surface area contributed by atoms with Crippen molar-refractivity contribution < 1.29 is 23.9 Å². The number of ether oxygens (including phenoxy) is 2. The third-order valence-electron chi connectivity index (χ3n) is 7.80. The zero-order valence-corrected chi connectivity index (χ0v) is 23.9. The van der Waals surface area contributed by atoms with Crippen LogP contribution in [0.15, 0.2) is 66.7 Å². The number of amides is 3. The van der Waals surface area contributed by atoms with Gasteiger partial charge in [-0.25, -0.2) is 0 Å². The van der Waals surface area contributed by atoms with Crippen molar-refractivity contribution in [3.63, 3.8) is 0 Å². The highest BCUT2D eigenvalue weighted by atomic mass is 16.5. The summed E-state index contributed by atoms with van der Waals surface area (Å²) in [5.74, 6) is 0.0602. The Morgan fingerprint density at radius 3 is 2.52 bits per heavy atom. The van der Waals surface area contributed by atoms with Crippen LogP contribution in [0.25, 0.3) is 0 Å². The predicted octanol–water partition coefficient (Wildman–Crippen LogP) is 5.34. The van der Waals surface area contributed by atoms with Crippen molar-refractivity contribution in [2.24, 2.45) is 0 Å². The van der Waals surface area contributed by atoms with Crippen LogP contribution in [-0.2, 0) is 9.53 Å². The smallest absolute Gasteiger partial charge is 0.257 e. The van der Waals surface area contributed by atoms with Gasteiger partial charge in [-0.05, 0) is 78.9 Å². The Morgan fingerprint density at radius 1 is 1.02 bits per heavy atom. The molecule has 216 valence electrons. The minimum atomic E-state index is -0.390. The fourth-order valence-corrected chi connectivity index (χ4v) is 5.40. The number of carbonyl (C=O) groups excluding carboxylic acids is 3. The van der Waals surface area contributed by atoms with Gasteiger partial charge in [0.25, 0.3) is 11.8 Å². The quantitative estimate of drug-likeness (QED) is 0.415. The molecule has 3 atom stereocenters. The third-order valence-corrected chi connectivity index (χ3v) is 7.80. The lowest BCUT2D eigenvalue weighted by atomic mass is 9.94. The van der Waals surface area contributed by atoms with Gasteiger partial charge in [0.15, 0.2) is 0 Å². The van der Waals surface area contributed by atoms with Crippen molar-refractivity contribution in [3.05, 3.63) is 89.0 Å². The average Bonchev–Trinajstić information content (AvgIpc) is 2.99. The van der Waals surface area contributed by atoms with Gasteiger partial charge in [-0.15, -0.1) is 0 Å². The standard InChI is InChI=1S/C33H34N4O5/c1-20(2)23-5-4-6-24(15-23)35-31(38)17-26-12-13-28-30(42-26)19-41-29-14-11-25(16-27(29)33(40)37(28)3)36-32(39)22-9-7-21(18-34)8-10-22/h4-11,14-16,20,26,28,30H,12-13,17,19H2,1-3H3,(H,35,38)(H,36,39)/t26-,28+,30-/m1/s1. The first-order chi connectivity index (χ1) is 20.2. The van der Waals surface area contributed by atoms with Crippen LogP contribution in [0.3, 0.4) is 0 Å². The van der Waals surface area contributed by atoms with E-state index in [-0.39, 0.29) is 42.9 Å². The number of carbonyl (C=O) groups is 3. The molecule has 3 aromatic carbocycles. The van der Waals surface area contributed by atoms with Crippen LogP contribution in [0.4, 0.5) is 11.4 Å². The number of nitriles is 1. The molecule has 0 radical (unpaired) electrons. The monoisotopic (exact) mass is 566 g/mol. The summed E-state index contributed by atoms with van der Waals surface area (Å²) in [5.41, 5.74) is 3.59. The summed E-state index contributed by atoms with van der Waals surface area (Å²) < 4.78 is 12.4. The van der Waals surface area contributed by atoms with Crippen molar-refractivity contribution in [3.8, 4) is 11.8 Å². The molecule has 42 heavy (non-hydrogen) atoms. The maximum atomic E-state index is 13.5. The summed E-state index contributed by atoms with van der Waals surface area (Å²) in [5, 5.41) is 14.8. The van der Waals surface area contributed by atoms with E-state index in [1.165, 1.54) is 0 Å². The number of fused-ring (bicyclic) bond motifs is 2. The van der Waals surface area contributed by atoms with Crippen molar-refractivity contribution in [2.75, 3.05) is 24.3 Å². The highest BCUT2D eigenvalue weighted by Crippen LogP contribution is 2.33. The molecule has 1 saturated heterocycles. The lowest BCUT2D eigenvalue weighted by Gasteiger charge is -2.42. The minimum absolute atomic E-state index is 0.114. The van der Waals surface area contributed by atoms with Gasteiger partial charge in [-0.3, -0.25) is 14.4 Å². The van der Waals surface area contributed by atoms with Crippen LogP contribution in [0.5, 0.6) is 5.75 Å². The minimum Gasteiger partial charge on any atom is -0.490 e. The van der Waals surface area contributed by atoms with Gasteiger partial charge < -0.3 is 25.0 Å². The van der Waals surface area contributed by atoms with Crippen LogP contribution >= 0.6 is 0 Å². The molecule has 3 aromatic rings. The molecule has 0 spiro atoms. The number of hydrogen-bond donors (Lipinski definition) is 2. The van der Waals surface area contributed by atoms with Gasteiger partial charge in [-0.1, -0.05) is 26.0 Å². The molecule has 5 rings (SSSR count). The van der Waals surface area contributed by atoms with Gasteiger partial charge in [0.2, 0.25) is 5.91 Å². The summed E-state index contributed by atoms with van der Waals surface area (Å²) >= 11 is 0. The van der Waals surface area contributed by atoms with Gasteiger partial charge in [0.1, 0.15) is 18.5 Å². The summed E-state index contributed by atoms with van der Waals surface area (Å²) in [4.78, 5) is 40.8. The van der Waals surface area contributed by atoms with E-state index in [9.17, 15) is 14.4 Å². The van der Waals surface area contributed by atoms with Crippen molar-refractivity contribution >= 4 is 29.1 Å². The van der Waals surface area contributed by atoms with Gasteiger partial charge >= 0.3 is 0 Å². The zero-order chi connectivity index (χ0) is 29.8. The third kappa shape index (κ3) is 6.45. The SMILES string of the molecule is CC(C)c1cccc(NC(=O)C[C@H]2CC[C@H]3[C@@H](COc4ccc(NC(=O)c5ccc(C#N)cc5)cc4C(=O)N3C)O2)c1. The zero-order valence-electron chi connectivity index (χ0n) is 23.9. The number of anilines is 2. The molecular formula is C33H34N4O5. The van der Waals surface area contributed by atoms with E-state index >= 15 is 0 Å². The Morgan fingerprint density at radius 2 is 1.79 bits per heavy atom. The fraction of sp³-hybridized carbons (Fsp3) is 0.333. The van der Waals surface area contributed by atoms with E-state index in [1.807, 2.05) is 30.3 Å². The normalized spacial score (nSPS) is 19.8. The molecule has 9 nitrogen and oxygen atoms in total. The number of rotatable bonds is 6. The van der Waals surface area contributed by atoms with E-state index in [0.29, 0.717) is 46.9 Å². The number of nitrogens with one attached hydrogen (secondary N) is 2. The lowest BCUT2D eigenvalue weighted by Crippen LogP contribution is -2.53. The molecule has 0 aromatic heterocycles. The van der Waals surface area contributed by atoms with E-state index in [1.54, 1.807) is 54.4 Å². The molecule has 0 bridgehead atoms. The molecule has 2 aliphatic heterocycles. The molecule has 0 aliphatic carbocycles. The Labute approximate surface area is 245 Å². The predicted molar refractivity (Wildman–Crippen MR) is 159 cm³/mol. The molecule has 1 fully saturated rings. The molecule has 0 unspecified atom stereocenters. The molecule has 2 aliphatic rings. The number of likely N-dealkylation sites (N-methyl/N-ethyl adjacent to an activating group) is 1. The molecule has 3 amide bonds. The van der Waals surface area contributed by atoms with Crippen LogP contribution in [0.1, 0.15) is 70.9 Å². The fourth-order valence-electron chi connectivity index (χ4n) is 5.40. The number of benzene rings is 3. The highest BCUT2D eigenvalue weighted by molar-refractivity contribution is 6.05. The molecule has 2 N–H and O–H groups in total. The van der Waals surface area contributed by atoms with Crippen LogP contribution in [-0.4, -0.2) is 54.5 Å². The summed E-state index contributed by atoms with van der Waals surface area (Å²) in [6.07, 6.45) is 0.836. The second-order valence-corrected chi connectivity index (χ2v) is 11.1. The summed E-state index contributed by atoms with van der Waals surface area (Å²) in [6.45, 7) is 4.45. The van der Waals surface area contributed by atoms with Gasteiger partial charge in [0, 0.05) is 24.0 Å². The number of hydrogen-bond acceptors (Lipinski definition) is 6. The second-order valence-electron chi connectivity index (χ2n) is 11.1. The topological polar surface area (TPSA) is 121 Å². The average molecular weight is 567 g/mol. The maximum absolute atomic E-state index is 13.5. The lowest BCUT2D eigenvalue weighted by molar-refractivity contribution is -0.130. The summed E-state index contributed by atoms with van der Waals surface area (Å²) in [7, 11) is 1.75. The van der Waals surface area contributed by atoms with E-state index < -0.39 is 6.10 Å². The Kier molecular flexibility index (Phi) is 8.55. The van der Waals surface area contributed by atoms with Gasteiger partial charge in [0.05, 0.1) is 35.8 Å². The second kappa shape index (κ2) is 12.5. The molecule has 0 saturated carbocycles. The van der Waals surface area contributed by atoms with Crippen LogP contribution in [0.2, 0.25) is 0 Å². The first kappa shape index (κ1) is 28.8. The first-order valence-corrected chi connectivity index (χ1v) is 14.1. The van der Waals surface area contributed by atoms with Crippen molar-refractivity contribution in [2.45, 2.75) is 57.3 Å². The van der Waals surface area contributed by atoms with E-state index in [2.05, 4.69) is 24.5 Å². The van der Waals surface area contributed by atoms with E-state index in [0.717, 1.165) is 11.3 Å². The van der Waals surface area contributed by atoms with Crippen LogP contribution in [0, 0.1) is 11.3 Å².